The van der Waals surface area contributed by atoms with Crippen molar-refractivity contribution in [1.82, 2.24) is 4.90 Å². The van der Waals surface area contributed by atoms with E-state index in [1.165, 1.54) is 24.8 Å². The molecule has 0 aromatic heterocycles. The SMILES string of the molecule is CCCC1CCN(CC(O)c2ccc(C)cc2)C1. The van der Waals surface area contributed by atoms with Gasteiger partial charge < -0.3 is 10.0 Å². The van der Waals surface area contributed by atoms with Crippen LogP contribution < -0.4 is 0 Å². The molecule has 18 heavy (non-hydrogen) atoms. The van der Waals surface area contributed by atoms with Gasteiger partial charge in [0.25, 0.3) is 0 Å². The van der Waals surface area contributed by atoms with Crippen LogP contribution >= 0.6 is 0 Å². The first-order chi connectivity index (χ1) is 8.69. The van der Waals surface area contributed by atoms with E-state index >= 15 is 0 Å². The standard InChI is InChI=1S/C16H25NO/c1-3-4-14-9-10-17(11-14)12-16(18)15-7-5-13(2)6-8-15/h5-8,14,16,18H,3-4,9-12H2,1-2H3. The Morgan fingerprint density at radius 2 is 2.06 bits per heavy atom. The molecule has 1 aliphatic heterocycles. The van der Waals surface area contributed by atoms with Crippen LogP contribution in [-0.4, -0.2) is 29.6 Å². The maximum absolute atomic E-state index is 10.2. The quantitative estimate of drug-likeness (QED) is 0.864. The van der Waals surface area contributed by atoms with Gasteiger partial charge in [-0.1, -0.05) is 43.2 Å². The summed E-state index contributed by atoms with van der Waals surface area (Å²) < 4.78 is 0. The van der Waals surface area contributed by atoms with E-state index in [0.717, 1.165) is 31.1 Å². The summed E-state index contributed by atoms with van der Waals surface area (Å²) in [5.74, 6) is 0.847. The molecule has 0 radical (unpaired) electrons. The van der Waals surface area contributed by atoms with E-state index in [2.05, 4.69) is 30.9 Å². The third-order valence-electron chi connectivity index (χ3n) is 3.96. The van der Waals surface area contributed by atoms with Crippen LogP contribution in [0, 0.1) is 12.8 Å². The number of β-amino-alcohol motifs (C(OH)–C–C–N with tert-alkyl or cyclic N) is 1. The van der Waals surface area contributed by atoms with Gasteiger partial charge in [-0.05, 0) is 37.8 Å². The summed E-state index contributed by atoms with van der Waals surface area (Å²) in [5.41, 5.74) is 2.29. The van der Waals surface area contributed by atoms with Crippen LogP contribution in [0.5, 0.6) is 0 Å². The lowest BCUT2D eigenvalue weighted by atomic mass is 10.0. The molecular weight excluding hydrogens is 222 g/mol. The number of aliphatic hydroxyl groups is 1. The second-order valence-electron chi connectivity index (χ2n) is 5.63. The summed E-state index contributed by atoms with van der Waals surface area (Å²) in [6.07, 6.45) is 3.57. The molecule has 1 aliphatic rings. The van der Waals surface area contributed by atoms with Gasteiger partial charge >= 0.3 is 0 Å². The summed E-state index contributed by atoms with van der Waals surface area (Å²) in [6, 6.07) is 8.23. The highest BCUT2D eigenvalue weighted by Gasteiger charge is 2.23. The summed E-state index contributed by atoms with van der Waals surface area (Å²) in [7, 11) is 0. The molecule has 1 heterocycles. The second-order valence-corrected chi connectivity index (χ2v) is 5.63. The van der Waals surface area contributed by atoms with Crippen molar-refractivity contribution in [3.05, 3.63) is 35.4 Å². The minimum Gasteiger partial charge on any atom is -0.387 e. The van der Waals surface area contributed by atoms with Crippen LogP contribution in [0.4, 0.5) is 0 Å². The number of hydrogen-bond acceptors (Lipinski definition) is 2. The molecule has 1 saturated heterocycles. The number of benzene rings is 1. The lowest BCUT2D eigenvalue weighted by molar-refractivity contribution is 0.124. The molecule has 1 aromatic carbocycles. The summed E-state index contributed by atoms with van der Waals surface area (Å²) in [4.78, 5) is 2.41. The Balaban J connectivity index is 1.84. The van der Waals surface area contributed by atoms with E-state index in [0.29, 0.717) is 0 Å². The number of aliphatic hydroxyl groups excluding tert-OH is 1. The fourth-order valence-electron chi connectivity index (χ4n) is 2.86. The summed E-state index contributed by atoms with van der Waals surface area (Å²) in [5, 5.41) is 10.2. The predicted octanol–water partition coefficient (Wildman–Crippen LogP) is 3.15. The maximum Gasteiger partial charge on any atom is 0.0916 e. The highest BCUT2D eigenvalue weighted by Crippen LogP contribution is 2.23. The number of hydrogen-bond donors (Lipinski definition) is 1. The molecule has 1 fully saturated rings. The van der Waals surface area contributed by atoms with E-state index in [1.54, 1.807) is 0 Å². The van der Waals surface area contributed by atoms with Gasteiger partial charge in [-0.3, -0.25) is 0 Å². The van der Waals surface area contributed by atoms with Crippen molar-refractivity contribution < 1.29 is 5.11 Å². The first kappa shape index (κ1) is 13.6. The van der Waals surface area contributed by atoms with Gasteiger partial charge in [0.1, 0.15) is 0 Å². The van der Waals surface area contributed by atoms with Crippen molar-refractivity contribution in [2.75, 3.05) is 19.6 Å². The molecule has 0 amide bonds. The second kappa shape index (κ2) is 6.35. The molecule has 2 atom stereocenters. The fourth-order valence-corrected chi connectivity index (χ4v) is 2.86. The van der Waals surface area contributed by atoms with Crippen molar-refractivity contribution >= 4 is 0 Å². The summed E-state index contributed by atoms with van der Waals surface area (Å²) >= 11 is 0. The monoisotopic (exact) mass is 247 g/mol. The van der Waals surface area contributed by atoms with Crippen LogP contribution in [0.25, 0.3) is 0 Å². The zero-order valence-corrected chi connectivity index (χ0v) is 11.6. The van der Waals surface area contributed by atoms with Crippen LogP contribution in [-0.2, 0) is 0 Å². The third-order valence-corrected chi connectivity index (χ3v) is 3.96. The zero-order valence-electron chi connectivity index (χ0n) is 11.6. The molecular formula is C16H25NO. The molecule has 2 nitrogen and oxygen atoms in total. The Hall–Kier alpha value is -0.860. The van der Waals surface area contributed by atoms with Crippen LogP contribution in [0.3, 0.4) is 0 Å². The van der Waals surface area contributed by atoms with E-state index in [1.807, 2.05) is 12.1 Å². The Labute approximate surface area is 111 Å². The van der Waals surface area contributed by atoms with Crippen molar-refractivity contribution in [3.63, 3.8) is 0 Å². The van der Waals surface area contributed by atoms with E-state index in [-0.39, 0.29) is 6.10 Å². The lowest BCUT2D eigenvalue weighted by Gasteiger charge is -2.20. The Morgan fingerprint density at radius 3 is 2.72 bits per heavy atom. The number of rotatable bonds is 5. The predicted molar refractivity (Wildman–Crippen MR) is 75.6 cm³/mol. The molecule has 1 N–H and O–H groups in total. The van der Waals surface area contributed by atoms with Crippen molar-refractivity contribution in [2.24, 2.45) is 5.92 Å². The third kappa shape index (κ3) is 3.56. The van der Waals surface area contributed by atoms with Crippen molar-refractivity contribution in [3.8, 4) is 0 Å². The Morgan fingerprint density at radius 1 is 1.33 bits per heavy atom. The molecule has 2 heteroatoms. The van der Waals surface area contributed by atoms with E-state index < -0.39 is 0 Å². The number of likely N-dealkylation sites (tertiary alicyclic amines) is 1. The molecule has 0 spiro atoms. The number of aryl methyl sites for hydroxylation is 1. The highest BCUT2D eigenvalue weighted by molar-refractivity contribution is 5.23. The van der Waals surface area contributed by atoms with Gasteiger partial charge in [0.2, 0.25) is 0 Å². The van der Waals surface area contributed by atoms with Crippen LogP contribution in [0.1, 0.15) is 43.4 Å². The fraction of sp³-hybridized carbons (Fsp3) is 0.625. The first-order valence-electron chi connectivity index (χ1n) is 7.16. The van der Waals surface area contributed by atoms with Gasteiger partial charge in [-0.2, -0.15) is 0 Å². The van der Waals surface area contributed by atoms with Gasteiger partial charge in [-0.25, -0.2) is 0 Å². The highest BCUT2D eigenvalue weighted by atomic mass is 16.3. The Bertz CT molecular complexity index is 360. The first-order valence-corrected chi connectivity index (χ1v) is 7.16. The smallest absolute Gasteiger partial charge is 0.0916 e. The average molecular weight is 247 g/mol. The van der Waals surface area contributed by atoms with Gasteiger partial charge in [-0.15, -0.1) is 0 Å². The topological polar surface area (TPSA) is 23.5 Å². The van der Waals surface area contributed by atoms with Crippen molar-refractivity contribution in [1.29, 1.82) is 0 Å². The molecule has 2 unspecified atom stereocenters. The maximum atomic E-state index is 10.2. The van der Waals surface area contributed by atoms with Crippen molar-refractivity contribution in [2.45, 2.75) is 39.2 Å². The summed E-state index contributed by atoms with van der Waals surface area (Å²) in [6.45, 7) is 7.42. The average Bonchev–Trinajstić information content (AvgIpc) is 2.78. The molecule has 2 rings (SSSR count). The number of nitrogens with zero attached hydrogens (tertiary/aromatic N) is 1. The largest absolute Gasteiger partial charge is 0.387 e. The normalized spacial score (nSPS) is 22.3. The lowest BCUT2D eigenvalue weighted by Crippen LogP contribution is -2.26. The minimum absolute atomic E-state index is 0.342. The van der Waals surface area contributed by atoms with E-state index in [4.69, 9.17) is 0 Å². The molecule has 0 aliphatic carbocycles. The molecule has 1 aromatic rings. The van der Waals surface area contributed by atoms with E-state index in [9.17, 15) is 5.11 Å². The van der Waals surface area contributed by atoms with Gasteiger partial charge in [0.05, 0.1) is 6.10 Å². The Kier molecular flexibility index (Phi) is 4.79. The van der Waals surface area contributed by atoms with Gasteiger partial charge in [0.15, 0.2) is 0 Å². The zero-order chi connectivity index (χ0) is 13.0. The molecule has 0 bridgehead atoms. The van der Waals surface area contributed by atoms with Gasteiger partial charge in [0, 0.05) is 13.1 Å². The van der Waals surface area contributed by atoms with Crippen LogP contribution in [0.2, 0.25) is 0 Å². The minimum atomic E-state index is -0.342. The molecule has 100 valence electrons. The van der Waals surface area contributed by atoms with Crippen LogP contribution in [0.15, 0.2) is 24.3 Å². The molecule has 0 saturated carbocycles.